The standard InChI is InChI=1S/C10H13ClO/c11-5-2-9(12)8-6-10(7-8)3-1-4-10/h2,5,8H,1,3-4,6-7H2. The van der Waals surface area contributed by atoms with E-state index in [4.69, 9.17) is 11.6 Å². The van der Waals surface area contributed by atoms with Gasteiger partial charge in [-0.3, -0.25) is 4.79 Å². The van der Waals surface area contributed by atoms with Gasteiger partial charge < -0.3 is 0 Å². The molecule has 2 fully saturated rings. The monoisotopic (exact) mass is 184 g/mol. The Morgan fingerprint density at radius 2 is 2.08 bits per heavy atom. The fourth-order valence-electron chi connectivity index (χ4n) is 2.47. The maximum Gasteiger partial charge on any atom is 0.159 e. The van der Waals surface area contributed by atoms with E-state index in [1.807, 2.05) is 0 Å². The molecule has 2 heteroatoms. The number of hydrogen-bond acceptors (Lipinski definition) is 1. The maximum atomic E-state index is 11.3. The first-order chi connectivity index (χ1) is 5.76. The Kier molecular flexibility index (Phi) is 1.99. The van der Waals surface area contributed by atoms with Crippen LogP contribution in [0.4, 0.5) is 0 Å². The van der Waals surface area contributed by atoms with Gasteiger partial charge in [0.05, 0.1) is 0 Å². The van der Waals surface area contributed by atoms with Gasteiger partial charge in [0.25, 0.3) is 0 Å². The Bertz CT molecular complexity index is 220. The molecule has 2 aliphatic carbocycles. The average Bonchev–Trinajstić information content (AvgIpc) is 1.81. The Hall–Kier alpha value is -0.300. The van der Waals surface area contributed by atoms with Crippen molar-refractivity contribution in [2.45, 2.75) is 32.1 Å². The molecule has 0 unspecified atom stereocenters. The van der Waals surface area contributed by atoms with Crippen LogP contribution in [0.15, 0.2) is 11.6 Å². The van der Waals surface area contributed by atoms with Crippen molar-refractivity contribution in [1.29, 1.82) is 0 Å². The van der Waals surface area contributed by atoms with Crippen LogP contribution in [0.1, 0.15) is 32.1 Å². The Morgan fingerprint density at radius 1 is 1.42 bits per heavy atom. The van der Waals surface area contributed by atoms with E-state index in [2.05, 4.69) is 0 Å². The Morgan fingerprint density at radius 3 is 2.50 bits per heavy atom. The number of halogens is 1. The third-order valence-electron chi connectivity index (χ3n) is 3.40. The first kappa shape index (κ1) is 8.31. The molecule has 0 radical (unpaired) electrons. The normalized spacial score (nSPS) is 27.1. The highest BCUT2D eigenvalue weighted by atomic mass is 35.5. The highest BCUT2D eigenvalue weighted by Crippen LogP contribution is 2.58. The van der Waals surface area contributed by atoms with Gasteiger partial charge in [0, 0.05) is 11.5 Å². The SMILES string of the molecule is O=C(C=CCl)C1CC2(CCC2)C1. The van der Waals surface area contributed by atoms with Gasteiger partial charge in [0.2, 0.25) is 0 Å². The van der Waals surface area contributed by atoms with E-state index in [1.165, 1.54) is 30.9 Å². The lowest BCUT2D eigenvalue weighted by atomic mass is 9.51. The van der Waals surface area contributed by atoms with Gasteiger partial charge in [0.15, 0.2) is 5.78 Å². The predicted molar refractivity (Wildman–Crippen MR) is 49.0 cm³/mol. The van der Waals surface area contributed by atoms with Crippen molar-refractivity contribution in [1.82, 2.24) is 0 Å². The number of allylic oxidation sites excluding steroid dienone is 1. The number of carbonyl (C=O) groups excluding carboxylic acids is 1. The summed E-state index contributed by atoms with van der Waals surface area (Å²) in [6.45, 7) is 0. The van der Waals surface area contributed by atoms with Crippen molar-refractivity contribution in [3.05, 3.63) is 11.6 Å². The molecule has 2 saturated carbocycles. The van der Waals surface area contributed by atoms with Crippen molar-refractivity contribution in [3.8, 4) is 0 Å². The molecule has 1 nitrogen and oxygen atoms in total. The van der Waals surface area contributed by atoms with Crippen molar-refractivity contribution in [2.75, 3.05) is 0 Å². The second kappa shape index (κ2) is 2.88. The molecule has 0 bridgehead atoms. The van der Waals surface area contributed by atoms with Crippen LogP contribution in [0, 0.1) is 11.3 Å². The number of ketones is 1. The van der Waals surface area contributed by atoms with E-state index in [0.29, 0.717) is 11.3 Å². The van der Waals surface area contributed by atoms with E-state index >= 15 is 0 Å². The van der Waals surface area contributed by atoms with Crippen LogP contribution in [0.25, 0.3) is 0 Å². The fraction of sp³-hybridized carbons (Fsp3) is 0.700. The molecule has 12 heavy (non-hydrogen) atoms. The minimum Gasteiger partial charge on any atom is -0.295 e. The van der Waals surface area contributed by atoms with Gasteiger partial charge in [-0.15, -0.1) is 0 Å². The summed E-state index contributed by atoms with van der Waals surface area (Å²) in [5, 5.41) is 0. The molecule has 0 aromatic carbocycles. The molecule has 0 aromatic heterocycles. The van der Waals surface area contributed by atoms with Crippen molar-refractivity contribution < 1.29 is 4.79 Å². The lowest BCUT2D eigenvalue weighted by Crippen LogP contribution is -2.45. The van der Waals surface area contributed by atoms with Crippen LogP contribution in [-0.4, -0.2) is 5.78 Å². The molecule has 0 saturated heterocycles. The van der Waals surface area contributed by atoms with Crippen molar-refractivity contribution in [2.24, 2.45) is 11.3 Å². The third kappa shape index (κ3) is 1.20. The third-order valence-corrected chi connectivity index (χ3v) is 3.53. The van der Waals surface area contributed by atoms with Crippen molar-refractivity contribution in [3.63, 3.8) is 0 Å². The summed E-state index contributed by atoms with van der Waals surface area (Å²) in [5.41, 5.74) is 1.93. The largest absolute Gasteiger partial charge is 0.295 e. The predicted octanol–water partition coefficient (Wildman–Crippen LogP) is 2.89. The van der Waals surface area contributed by atoms with Gasteiger partial charge >= 0.3 is 0 Å². The summed E-state index contributed by atoms with van der Waals surface area (Å²) in [4.78, 5) is 11.3. The minimum atomic E-state index is 0.225. The first-order valence-electron chi connectivity index (χ1n) is 4.56. The molecular formula is C10H13ClO. The van der Waals surface area contributed by atoms with Gasteiger partial charge in [-0.05, 0) is 37.2 Å². The van der Waals surface area contributed by atoms with E-state index < -0.39 is 0 Å². The van der Waals surface area contributed by atoms with E-state index in [9.17, 15) is 4.79 Å². The van der Waals surface area contributed by atoms with Crippen LogP contribution in [0.3, 0.4) is 0 Å². The zero-order valence-corrected chi connectivity index (χ0v) is 7.81. The minimum absolute atomic E-state index is 0.225. The summed E-state index contributed by atoms with van der Waals surface area (Å²) in [7, 11) is 0. The fourth-order valence-corrected chi connectivity index (χ4v) is 2.59. The van der Waals surface area contributed by atoms with Crippen LogP contribution in [-0.2, 0) is 4.79 Å². The lowest BCUT2D eigenvalue weighted by molar-refractivity contribution is -0.129. The smallest absolute Gasteiger partial charge is 0.159 e. The zero-order chi connectivity index (χ0) is 8.60. The van der Waals surface area contributed by atoms with Crippen LogP contribution >= 0.6 is 11.6 Å². The molecule has 2 aliphatic rings. The highest BCUT2D eigenvalue weighted by molar-refractivity contribution is 6.26. The van der Waals surface area contributed by atoms with Gasteiger partial charge in [0.1, 0.15) is 0 Å². The second-order valence-electron chi connectivity index (χ2n) is 4.15. The summed E-state index contributed by atoms with van der Waals surface area (Å²) < 4.78 is 0. The molecule has 0 aliphatic heterocycles. The van der Waals surface area contributed by atoms with Gasteiger partial charge in [-0.2, -0.15) is 0 Å². The average molecular weight is 185 g/mol. The Labute approximate surface area is 77.8 Å². The molecule has 1 spiro atoms. The van der Waals surface area contributed by atoms with Gasteiger partial charge in [-0.25, -0.2) is 0 Å². The van der Waals surface area contributed by atoms with Crippen LogP contribution < -0.4 is 0 Å². The highest BCUT2D eigenvalue weighted by Gasteiger charge is 2.49. The molecule has 2 rings (SSSR count). The first-order valence-corrected chi connectivity index (χ1v) is 5.00. The van der Waals surface area contributed by atoms with Crippen molar-refractivity contribution >= 4 is 17.4 Å². The van der Waals surface area contributed by atoms with E-state index in [-0.39, 0.29) is 5.78 Å². The Balaban J connectivity index is 1.84. The topological polar surface area (TPSA) is 17.1 Å². The molecule has 0 heterocycles. The maximum absolute atomic E-state index is 11.3. The molecular weight excluding hydrogens is 172 g/mol. The van der Waals surface area contributed by atoms with E-state index in [1.54, 1.807) is 0 Å². The molecule has 0 aromatic rings. The summed E-state index contributed by atoms with van der Waals surface area (Å²) >= 11 is 5.34. The molecule has 66 valence electrons. The van der Waals surface area contributed by atoms with Crippen LogP contribution in [0.5, 0.6) is 0 Å². The molecule has 0 N–H and O–H groups in total. The molecule has 0 amide bonds. The molecule has 0 atom stereocenters. The summed E-state index contributed by atoms with van der Waals surface area (Å²) in [6.07, 6.45) is 7.80. The van der Waals surface area contributed by atoms with E-state index in [0.717, 1.165) is 12.8 Å². The van der Waals surface area contributed by atoms with Crippen LogP contribution in [0.2, 0.25) is 0 Å². The number of hydrogen-bond donors (Lipinski definition) is 0. The summed E-state index contributed by atoms with van der Waals surface area (Å²) in [5.74, 6) is 0.517. The number of rotatable bonds is 2. The lowest BCUT2D eigenvalue weighted by Gasteiger charge is -2.53. The summed E-state index contributed by atoms with van der Waals surface area (Å²) in [6, 6.07) is 0. The second-order valence-corrected chi connectivity index (χ2v) is 4.41. The zero-order valence-electron chi connectivity index (χ0n) is 7.05. The quantitative estimate of drug-likeness (QED) is 0.604. The number of carbonyl (C=O) groups is 1. The van der Waals surface area contributed by atoms with Gasteiger partial charge in [-0.1, -0.05) is 18.0 Å².